The average Bonchev–Trinajstić information content (AvgIpc) is 2.74. The average molecular weight is 352 g/mol. The molecule has 0 saturated carbocycles. The monoisotopic (exact) mass is 352 g/mol. The molecule has 122 valence electrons. The second-order valence-corrected chi connectivity index (χ2v) is 6.75. The van der Waals surface area contributed by atoms with Gasteiger partial charge < -0.3 is 9.90 Å². The predicted molar refractivity (Wildman–Crippen MR) is 89.8 cm³/mol. The zero-order valence-corrected chi connectivity index (χ0v) is 13.9. The highest BCUT2D eigenvalue weighted by molar-refractivity contribution is 8.26. The van der Waals surface area contributed by atoms with Crippen molar-refractivity contribution in [2.24, 2.45) is 0 Å². The van der Waals surface area contributed by atoms with Crippen molar-refractivity contribution < 1.29 is 19.1 Å². The van der Waals surface area contributed by atoms with Crippen LogP contribution in [0.15, 0.2) is 29.2 Å². The lowest BCUT2D eigenvalue weighted by Crippen LogP contribution is -2.29. The molecule has 0 atom stereocenters. The molecule has 2 rings (SSSR count). The largest absolute Gasteiger partial charge is 0.550 e. The second kappa shape index (κ2) is 8.21. The Bertz CT molecular complexity index is 660. The van der Waals surface area contributed by atoms with E-state index in [2.05, 4.69) is 0 Å². The lowest BCUT2D eigenvalue weighted by atomic mass is 10.2. The molecule has 0 radical (unpaired) electrons. The Kier molecular flexibility index (Phi) is 6.29. The van der Waals surface area contributed by atoms with Crippen LogP contribution in [0.5, 0.6) is 0 Å². The molecule has 1 fully saturated rings. The van der Waals surface area contributed by atoms with E-state index >= 15 is 0 Å². The van der Waals surface area contributed by atoms with Crippen molar-refractivity contribution in [1.82, 2.24) is 4.90 Å². The van der Waals surface area contributed by atoms with Crippen molar-refractivity contribution in [2.45, 2.75) is 25.7 Å². The van der Waals surface area contributed by atoms with E-state index in [9.17, 15) is 19.1 Å². The summed E-state index contributed by atoms with van der Waals surface area (Å²) in [4.78, 5) is 24.6. The maximum absolute atomic E-state index is 13.2. The molecule has 23 heavy (non-hydrogen) atoms. The number of carboxylic acid groups (broad SMARTS) is 1. The Balaban J connectivity index is 1.93. The fourth-order valence-corrected chi connectivity index (χ4v) is 3.47. The number of hydrogen-bond donors (Lipinski definition) is 0. The third kappa shape index (κ3) is 5.14. The molecule has 0 bridgehead atoms. The van der Waals surface area contributed by atoms with Crippen LogP contribution in [-0.2, 0) is 9.59 Å². The summed E-state index contributed by atoms with van der Waals surface area (Å²) in [6.07, 6.45) is 3.54. The summed E-state index contributed by atoms with van der Waals surface area (Å²) in [5.41, 5.74) is 0.611. The molecular formula is C16H15FNO3S2-. The van der Waals surface area contributed by atoms with E-state index in [1.807, 2.05) is 0 Å². The molecule has 1 aliphatic rings. The molecule has 0 N–H and O–H groups in total. The summed E-state index contributed by atoms with van der Waals surface area (Å²) in [6.45, 7) is 0.457. The number of thioether (sulfide) groups is 1. The minimum Gasteiger partial charge on any atom is -0.550 e. The summed E-state index contributed by atoms with van der Waals surface area (Å²) in [7, 11) is 0. The van der Waals surface area contributed by atoms with Crippen LogP contribution in [-0.4, -0.2) is 27.6 Å². The van der Waals surface area contributed by atoms with Crippen LogP contribution in [0.25, 0.3) is 6.08 Å². The number of unbranched alkanes of at least 4 members (excludes halogenated alkanes) is 2. The van der Waals surface area contributed by atoms with Gasteiger partial charge in [-0.15, -0.1) is 0 Å². The molecule has 7 heteroatoms. The highest BCUT2D eigenvalue weighted by atomic mass is 32.2. The molecule has 0 unspecified atom stereocenters. The van der Waals surface area contributed by atoms with Crippen molar-refractivity contribution in [2.75, 3.05) is 6.54 Å². The Labute approximate surface area is 143 Å². The first-order valence-electron chi connectivity index (χ1n) is 7.18. The highest BCUT2D eigenvalue weighted by Crippen LogP contribution is 2.32. The molecule has 1 aromatic carbocycles. The van der Waals surface area contributed by atoms with Gasteiger partial charge in [0.25, 0.3) is 5.91 Å². The quantitative estimate of drug-likeness (QED) is 0.428. The van der Waals surface area contributed by atoms with E-state index in [0.29, 0.717) is 40.6 Å². The first kappa shape index (κ1) is 17.6. The molecule has 0 aliphatic carbocycles. The number of carbonyl (C=O) groups is 2. The van der Waals surface area contributed by atoms with Gasteiger partial charge in [-0.2, -0.15) is 0 Å². The molecular weight excluding hydrogens is 337 g/mol. The lowest BCUT2D eigenvalue weighted by molar-refractivity contribution is -0.305. The van der Waals surface area contributed by atoms with Gasteiger partial charge in [0.15, 0.2) is 0 Å². The number of hydrogen-bond acceptors (Lipinski definition) is 5. The van der Waals surface area contributed by atoms with E-state index in [0.717, 1.165) is 0 Å². The van der Waals surface area contributed by atoms with E-state index in [1.165, 1.54) is 28.8 Å². The van der Waals surface area contributed by atoms with Gasteiger partial charge in [-0.1, -0.05) is 42.5 Å². The van der Waals surface area contributed by atoms with E-state index < -0.39 is 5.97 Å². The van der Waals surface area contributed by atoms with Gasteiger partial charge in [-0.05, 0) is 43.0 Å². The maximum atomic E-state index is 13.2. The van der Waals surface area contributed by atoms with E-state index in [-0.39, 0.29) is 18.1 Å². The van der Waals surface area contributed by atoms with Crippen LogP contribution in [0.4, 0.5) is 4.39 Å². The van der Waals surface area contributed by atoms with Crippen LogP contribution < -0.4 is 5.11 Å². The second-order valence-electron chi connectivity index (χ2n) is 5.07. The standard InChI is InChI=1S/C16H16FNO3S2/c17-12-6-4-5-11(9-12)10-13-15(21)18(16(22)23-13)8-3-1-2-7-14(19)20/h4-6,9-10H,1-3,7-8H2,(H,19,20)/p-1. The topological polar surface area (TPSA) is 60.4 Å². The van der Waals surface area contributed by atoms with Crippen LogP contribution in [0.2, 0.25) is 0 Å². The normalized spacial score (nSPS) is 16.4. The highest BCUT2D eigenvalue weighted by Gasteiger charge is 2.31. The van der Waals surface area contributed by atoms with Gasteiger partial charge in [0.2, 0.25) is 0 Å². The van der Waals surface area contributed by atoms with Crippen molar-refractivity contribution in [1.29, 1.82) is 0 Å². The minimum absolute atomic E-state index is 0.0257. The van der Waals surface area contributed by atoms with Gasteiger partial charge in [-0.3, -0.25) is 9.69 Å². The Hall–Kier alpha value is -1.73. The minimum atomic E-state index is -1.06. The Morgan fingerprint density at radius 1 is 1.35 bits per heavy atom. The van der Waals surface area contributed by atoms with Crippen molar-refractivity contribution >= 4 is 46.3 Å². The van der Waals surface area contributed by atoms with Crippen LogP contribution in [0, 0.1) is 5.82 Å². The number of amides is 1. The van der Waals surface area contributed by atoms with Gasteiger partial charge in [0.1, 0.15) is 10.1 Å². The smallest absolute Gasteiger partial charge is 0.266 e. The summed E-state index contributed by atoms with van der Waals surface area (Å²) < 4.78 is 13.7. The molecule has 1 aromatic rings. The van der Waals surface area contributed by atoms with Crippen molar-refractivity contribution in [3.63, 3.8) is 0 Å². The lowest BCUT2D eigenvalue weighted by Gasteiger charge is -2.14. The van der Waals surface area contributed by atoms with Crippen LogP contribution in [0.1, 0.15) is 31.2 Å². The number of rotatable bonds is 7. The number of thiocarbonyl (C=S) groups is 1. The van der Waals surface area contributed by atoms with Gasteiger partial charge in [-0.25, -0.2) is 4.39 Å². The van der Waals surface area contributed by atoms with Crippen molar-refractivity contribution in [3.8, 4) is 0 Å². The molecule has 0 aromatic heterocycles. The maximum Gasteiger partial charge on any atom is 0.266 e. The van der Waals surface area contributed by atoms with E-state index in [4.69, 9.17) is 12.2 Å². The van der Waals surface area contributed by atoms with Crippen LogP contribution >= 0.6 is 24.0 Å². The molecule has 1 aliphatic heterocycles. The SMILES string of the molecule is O=C([O-])CCCCCN1C(=O)C(=Cc2cccc(F)c2)SC1=S. The summed E-state index contributed by atoms with van der Waals surface area (Å²) in [5.74, 6) is -1.61. The number of carbonyl (C=O) groups excluding carboxylic acids is 2. The first-order chi connectivity index (χ1) is 11.0. The summed E-state index contributed by atoms with van der Waals surface area (Å²) in [6, 6.07) is 6.00. The predicted octanol–water partition coefficient (Wildman–Crippen LogP) is 2.34. The summed E-state index contributed by atoms with van der Waals surface area (Å²) >= 11 is 6.40. The third-order valence-electron chi connectivity index (χ3n) is 3.28. The van der Waals surface area contributed by atoms with Gasteiger partial charge >= 0.3 is 0 Å². The molecule has 4 nitrogen and oxygen atoms in total. The number of aliphatic carboxylic acids is 1. The zero-order valence-electron chi connectivity index (χ0n) is 12.3. The van der Waals surface area contributed by atoms with Gasteiger partial charge in [0.05, 0.1) is 4.91 Å². The molecule has 1 heterocycles. The van der Waals surface area contributed by atoms with Crippen molar-refractivity contribution in [3.05, 3.63) is 40.6 Å². The third-order valence-corrected chi connectivity index (χ3v) is 4.66. The fraction of sp³-hybridized carbons (Fsp3) is 0.312. The van der Waals surface area contributed by atoms with Crippen LogP contribution in [0.3, 0.4) is 0 Å². The molecule has 1 amide bonds. The van der Waals surface area contributed by atoms with E-state index in [1.54, 1.807) is 18.2 Å². The summed E-state index contributed by atoms with van der Waals surface area (Å²) in [5, 5.41) is 10.3. The molecule has 1 saturated heterocycles. The Morgan fingerprint density at radius 3 is 2.83 bits per heavy atom. The Morgan fingerprint density at radius 2 is 2.13 bits per heavy atom. The number of benzene rings is 1. The first-order valence-corrected chi connectivity index (χ1v) is 8.40. The van der Waals surface area contributed by atoms with Gasteiger partial charge in [0, 0.05) is 12.5 Å². The fourth-order valence-electron chi connectivity index (χ4n) is 2.16. The number of carboxylic acids is 1. The number of nitrogens with zero attached hydrogens (tertiary/aromatic N) is 1. The molecule has 0 spiro atoms. The number of halogens is 1. The zero-order chi connectivity index (χ0) is 16.8.